The van der Waals surface area contributed by atoms with Crippen LogP contribution in [-0.4, -0.2) is 23.0 Å². The van der Waals surface area contributed by atoms with Crippen LogP contribution in [0.4, 0.5) is 0 Å². The maximum Gasteiger partial charge on any atom is 0.339 e. The van der Waals surface area contributed by atoms with Gasteiger partial charge in [0.15, 0.2) is 0 Å². The topological polar surface area (TPSA) is 79.5 Å². The van der Waals surface area contributed by atoms with Crippen LogP contribution in [0.1, 0.15) is 65.0 Å². The van der Waals surface area contributed by atoms with Crippen molar-refractivity contribution < 1.29 is 19.1 Å². The monoisotopic (exact) mass is 385 g/mol. The van der Waals surface area contributed by atoms with E-state index in [2.05, 4.69) is 5.32 Å². The molecule has 0 bridgehead atoms. The molecule has 1 aromatic heterocycles. The van der Waals surface area contributed by atoms with Gasteiger partial charge in [-0.15, -0.1) is 11.8 Å². The summed E-state index contributed by atoms with van der Waals surface area (Å²) in [7, 11) is 0. The smallest absolute Gasteiger partial charge is 0.339 e. The van der Waals surface area contributed by atoms with Crippen molar-refractivity contribution in [3.63, 3.8) is 0 Å². The number of rotatable bonds is 6. The van der Waals surface area contributed by atoms with Gasteiger partial charge in [-0.3, -0.25) is 4.79 Å². The summed E-state index contributed by atoms with van der Waals surface area (Å²) in [5.74, 6) is -0.266. The largest absolute Gasteiger partial charge is 0.478 e. The Morgan fingerprint density at radius 1 is 1.15 bits per heavy atom. The molecule has 0 radical (unpaired) electrons. The SMILES string of the molecule is O=C(NC1CC12CCCCC2)c1ccccc1SCc1occc1C(=O)O. The van der Waals surface area contributed by atoms with Crippen LogP contribution in [0.3, 0.4) is 0 Å². The van der Waals surface area contributed by atoms with Gasteiger partial charge in [-0.25, -0.2) is 4.79 Å². The highest BCUT2D eigenvalue weighted by atomic mass is 32.2. The molecule has 1 spiro atoms. The molecule has 1 unspecified atom stereocenters. The molecule has 2 aliphatic carbocycles. The standard InChI is InChI=1S/C21H23NO4S/c23-19(22-18-12-21(18)9-4-1-5-10-21)15-6-2-3-7-17(15)27-13-16-14(20(24)25)8-11-26-16/h2-3,6-8,11,18H,1,4-5,9-10,12-13H2,(H,22,23)(H,24,25). The van der Waals surface area contributed by atoms with E-state index in [-0.39, 0.29) is 11.5 Å². The van der Waals surface area contributed by atoms with E-state index in [1.165, 1.54) is 56.2 Å². The number of carbonyl (C=O) groups is 2. The summed E-state index contributed by atoms with van der Waals surface area (Å²) in [6.07, 6.45) is 8.79. The Morgan fingerprint density at radius 2 is 1.93 bits per heavy atom. The molecule has 0 aliphatic heterocycles. The fourth-order valence-corrected chi connectivity index (χ4v) is 5.16. The van der Waals surface area contributed by atoms with E-state index < -0.39 is 5.97 Å². The molecule has 2 fully saturated rings. The van der Waals surface area contributed by atoms with Gasteiger partial charge in [0.2, 0.25) is 0 Å². The molecule has 2 saturated carbocycles. The number of aromatic carboxylic acids is 1. The predicted octanol–water partition coefficient (Wildman–Crippen LogP) is 4.72. The van der Waals surface area contributed by atoms with E-state index in [0.29, 0.717) is 28.5 Å². The second-order valence-electron chi connectivity index (χ2n) is 7.50. The van der Waals surface area contributed by atoms with Gasteiger partial charge in [0.05, 0.1) is 17.6 Å². The number of carboxylic acids is 1. The lowest BCUT2D eigenvalue weighted by Gasteiger charge is -2.22. The van der Waals surface area contributed by atoms with E-state index in [9.17, 15) is 14.7 Å². The number of nitrogens with one attached hydrogen (secondary N) is 1. The van der Waals surface area contributed by atoms with Crippen molar-refractivity contribution >= 4 is 23.6 Å². The van der Waals surface area contributed by atoms with Crippen molar-refractivity contribution in [3.05, 3.63) is 53.5 Å². The first-order chi connectivity index (χ1) is 13.1. The van der Waals surface area contributed by atoms with Crippen LogP contribution in [-0.2, 0) is 5.75 Å². The minimum atomic E-state index is -1.00. The molecule has 2 N–H and O–H groups in total. The lowest BCUT2D eigenvalue weighted by atomic mass is 9.86. The minimum absolute atomic E-state index is 0.0385. The van der Waals surface area contributed by atoms with Crippen molar-refractivity contribution in [2.24, 2.45) is 5.41 Å². The first-order valence-electron chi connectivity index (χ1n) is 9.41. The predicted molar refractivity (Wildman–Crippen MR) is 103 cm³/mol. The summed E-state index contributed by atoms with van der Waals surface area (Å²) in [6.45, 7) is 0. The molecule has 6 heteroatoms. The van der Waals surface area contributed by atoms with Gasteiger partial charge in [0.25, 0.3) is 5.91 Å². The number of furan rings is 1. The van der Waals surface area contributed by atoms with Crippen LogP contribution in [0.5, 0.6) is 0 Å². The molecule has 1 amide bonds. The van der Waals surface area contributed by atoms with Gasteiger partial charge in [-0.1, -0.05) is 31.4 Å². The van der Waals surface area contributed by atoms with Crippen molar-refractivity contribution in [2.45, 2.75) is 55.2 Å². The Balaban J connectivity index is 1.42. The second kappa shape index (κ2) is 7.43. The van der Waals surface area contributed by atoms with Crippen LogP contribution in [0, 0.1) is 5.41 Å². The second-order valence-corrected chi connectivity index (χ2v) is 8.52. The Bertz CT molecular complexity index is 853. The van der Waals surface area contributed by atoms with Gasteiger partial charge < -0.3 is 14.8 Å². The van der Waals surface area contributed by atoms with Gasteiger partial charge >= 0.3 is 5.97 Å². The summed E-state index contributed by atoms with van der Waals surface area (Å²) < 4.78 is 5.30. The van der Waals surface area contributed by atoms with E-state index >= 15 is 0 Å². The molecule has 1 heterocycles. The summed E-state index contributed by atoms with van der Waals surface area (Å²) in [5, 5.41) is 12.4. The van der Waals surface area contributed by atoms with Crippen LogP contribution < -0.4 is 5.32 Å². The molecule has 0 saturated heterocycles. The van der Waals surface area contributed by atoms with Gasteiger partial charge in [0.1, 0.15) is 11.3 Å². The van der Waals surface area contributed by atoms with Crippen molar-refractivity contribution in [2.75, 3.05) is 0 Å². The number of thioether (sulfide) groups is 1. The number of benzene rings is 1. The van der Waals surface area contributed by atoms with Crippen molar-refractivity contribution in [3.8, 4) is 0 Å². The number of carboxylic acid groups (broad SMARTS) is 1. The molecule has 27 heavy (non-hydrogen) atoms. The van der Waals surface area contributed by atoms with Gasteiger partial charge in [0, 0.05) is 10.9 Å². The highest BCUT2D eigenvalue weighted by Gasteiger charge is 2.54. The minimum Gasteiger partial charge on any atom is -0.478 e. The van der Waals surface area contributed by atoms with E-state index in [4.69, 9.17) is 4.42 Å². The van der Waals surface area contributed by atoms with Gasteiger partial charge in [-0.05, 0) is 42.9 Å². The average molecular weight is 385 g/mol. The first kappa shape index (κ1) is 18.2. The molecule has 142 valence electrons. The zero-order valence-corrected chi connectivity index (χ0v) is 15.9. The van der Waals surface area contributed by atoms with Crippen LogP contribution >= 0.6 is 11.8 Å². The van der Waals surface area contributed by atoms with Crippen molar-refractivity contribution in [1.82, 2.24) is 5.32 Å². The van der Waals surface area contributed by atoms with E-state index in [1.54, 1.807) is 0 Å². The third-order valence-corrected chi connectivity index (χ3v) is 6.88. The van der Waals surface area contributed by atoms with Crippen LogP contribution in [0.2, 0.25) is 0 Å². The highest BCUT2D eigenvalue weighted by Crippen LogP contribution is 2.56. The number of hydrogen-bond donors (Lipinski definition) is 2. The Hall–Kier alpha value is -2.21. The summed E-state index contributed by atoms with van der Waals surface area (Å²) >= 11 is 1.42. The summed E-state index contributed by atoms with van der Waals surface area (Å²) in [4.78, 5) is 24.9. The molecule has 2 aliphatic rings. The zero-order chi connectivity index (χ0) is 18.9. The Kier molecular flexibility index (Phi) is 5.00. The zero-order valence-electron chi connectivity index (χ0n) is 15.1. The molecule has 1 aromatic carbocycles. The quantitative estimate of drug-likeness (QED) is 0.703. The molecular formula is C21H23NO4S. The Labute approximate surface area is 162 Å². The first-order valence-corrected chi connectivity index (χ1v) is 10.4. The number of hydrogen-bond acceptors (Lipinski definition) is 4. The molecule has 5 nitrogen and oxygen atoms in total. The third-order valence-electron chi connectivity index (χ3n) is 5.81. The maximum absolute atomic E-state index is 12.8. The molecule has 1 atom stereocenters. The average Bonchev–Trinajstić information content (AvgIpc) is 3.10. The van der Waals surface area contributed by atoms with E-state index in [0.717, 1.165) is 11.3 Å². The van der Waals surface area contributed by atoms with Gasteiger partial charge in [-0.2, -0.15) is 0 Å². The van der Waals surface area contributed by atoms with Crippen LogP contribution in [0.25, 0.3) is 0 Å². The fourth-order valence-electron chi connectivity index (χ4n) is 4.16. The summed E-state index contributed by atoms with van der Waals surface area (Å²) in [5.41, 5.74) is 1.16. The van der Waals surface area contributed by atoms with Crippen LogP contribution in [0.15, 0.2) is 45.9 Å². The molecular weight excluding hydrogens is 362 g/mol. The van der Waals surface area contributed by atoms with Crippen molar-refractivity contribution in [1.29, 1.82) is 0 Å². The Morgan fingerprint density at radius 3 is 2.70 bits per heavy atom. The molecule has 2 aromatic rings. The number of carbonyl (C=O) groups excluding carboxylic acids is 1. The normalized spacial score (nSPS) is 20.4. The fraction of sp³-hybridized carbons (Fsp3) is 0.429. The third kappa shape index (κ3) is 3.76. The lowest BCUT2D eigenvalue weighted by molar-refractivity contribution is 0.0694. The number of amides is 1. The molecule has 4 rings (SSSR count). The van der Waals surface area contributed by atoms with E-state index in [1.807, 2.05) is 24.3 Å². The maximum atomic E-state index is 12.8. The highest BCUT2D eigenvalue weighted by molar-refractivity contribution is 7.98. The summed E-state index contributed by atoms with van der Waals surface area (Å²) in [6, 6.07) is 9.22. The lowest BCUT2D eigenvalue weighted by Crippen LogP contribution is -2.30.